The van der Waals surface area contributed by atoms with Crippen molar-refractivity contribution in [2.75, 3.05) is 18.9 Å². The fraction of sp³-hybridized carbons (Fsp3) is 0.300. The summed E-state index contributed by atoms with van der Waals surface area (Å²) in [5.41, 5.74) is 0.905. The first-order valence-electron chi connectivity index (χ1n) is 9.30. The van der Waals surface area contributed by atoms with E-state index in [9.17, 15) is 46.0 Å². The number of hydrogen-bond acceptors (Lipinski definition) is 7. The third kappa shape index (κ3) is 7.64. The number of esters is 2. The molecule has 0 aliphatic heterocycles. The summed E-state index contributed by atoms with van der Waals surface area (Å²) in [5.74, 6) is -1.60. The topological polar surface area (TPSA) is 122 Å². The Morgan fingerprint density at radius 2 is 1.26 bits per heavy atom. The molecule has 2 aromatic carbocycles. The second kappa shape index (κ2) is 11.3. The molecule has 14 heteroatoms. The van der Waals surface area contributed by atoms with Crippen molar-refractivity contribution in [2.24, 2.45) is 0 Å². The van der Waals surface area contributed by atoms with Crippen LogP contribution >= 0.6 is 0 Å². The van der Waals surface area contributed by atoms with Crippen molar-refractivity contribution in [1.29, 1.82) is 0 Å². The summed E-state index contributed by atoms with van der Waals surface area (Å²) in [6.45, 7) is 3.29. The van der Waals surface area contributed by atoms with E-state index in [1.807, 2.05) is 0 Å². The molecule has 0 spiro atoms. The molecule has 0 unspecified atom stereocenters. The van der Waals surface area contributed by atoms with E-state index in [1.165, 1.54) is 6.92 Å². The molecule has 2 aromatic rings. The van der Waals surface area contributed by atoms with Crippen molar-refractivity contribution in [3.63, 3.8) is 0 Å². The van der Waals surface area contributed by atoms with Gasteiger partial charge in [-0.1, -0.05) is 0 Å². The quantitative estimate of drug-likeness (QED) is 0.197. The third-order valence-corrected chi connectivity index (χ3v) is 3.88. The van der Waals surface area contributed by atoms with Crippen LogP contribution in [0.3, 0.4) is 0 Å². The van der Waals surface area contributed by atoms with Crippen LogP contribution in [-0.4, -0.2) is 30.1 Å². The Kier molecular flexibility index (Phi) is 9.40. The van der Waals surface area contributed by atoms with Crippen LogP contribution in [0, 0.1) is 10.1 Å². The normalized spacial score (nSPS) is 11.2. The molecule has 0 aromatic heterocycles. The van der Waals surface area contributed by atoms with Gasteiger partial charge in [0.25, 0.3) is 5.69 Å². The fourth-order valence-corrected chi connectivity index (χ4v) is 2.43. The summed E-state index contributed by atoms with van der Waals surface area (Å²) in [6.07, 6.45) is -9.37. The predicted molar refractivity (Wildman–Crippen MR) is 106 cm³/mol. The van der Waals surface area contributed by atoms with Crippen LogP contribution in [0.25, 0.3) is 0 Å². The summed E-state index contributed by atoms with van der Waals surface area (Å²) in [7, 11) is 0. The summed E-state index contributed by atoms with van der Waals surface area (Å²) < 4.78 is 83.6. The minimum Gasteiger partial charge on any atom is -0.462 e. The maximum Gasteiger partial charge on any atom is 0.422 e. The minimum absolute atomic E-state index is 0.00681. The molecule has 0 atom stereocenters. The molecule has 0 aliphatic carbocycles. The smallest absolute Gasteiger partial charge is 0.422 e. The number of ether oxygens (including phenoxy) is 2. The first kappa shape index (κ1) is 28.2. The zero-order chi connectivity index (χ0) is 26.3. The third-order valence-electron chi connectivity index (χ3n) is 3.88. The van der Waals surface area contributed by atoms with Crippen LogP contribution in [0.2, 0.25) is 0 Å². The SMILES string of the molecule is CCOC(=O)c1ccc(C(F)(F)F)c(N)c1.CCOC(=O)c1ccc(C(F)(F)F)c([N+](=O)[O-])c1. The standard InChI is InChI=1S/C10H8F3NO4.C10H10F3NO2/c1-2-18-9(15)6-3-4-7(10(11,12)13)8(5-6)14(16)17;1-2-16-9(15)6-3-4-7(8(14)5-6)10(11,12)13/h3-5H,2H2,1H3;3-5H,2,14H2,1H3. The number of anilines is 1. The number of carbonyl (C=O) groups excluding carboxylic acids is 2. The van der Waals surface area contributed by atoms with Crippen LogP contribution in [-0.2, 0) is 21.8 Å². The van der Waals surface area contributed by atoms with Gasteiger partial charge in [0.05, 0.1) is 34.8 Å². The highest BCUT2D eigenvalue weighted by molar-refractivity contribution is 5.91. The molecule has 2 N–H and O–H groups in total. The molecule has 34 heavy (non-hydrogen) atoms. The van der Waals surface area contributed by atoms with Gasteiger partial charge < -0.3 is 15.2 Å². The number of nitrogens with zero attached hydrogens (tertiary/aromatic N) is 1. The van der Waals surface area contributed by atoms with Crippen molar-refractivity contribution in [3.8, 4) is 0 Å². The molecular formula is C20H18F6N2O6. The lowest BCUT2D eigenvalue weighted by Crippen LogP contribution is -2.11. The lowest BCUT2D eigenvalue weighted by atomic mass is 10.1. The molecule has 0 saturated heterocycles. The number of benzene rings is 2. The highest BCUT2D eigenvalue weighted by atomic mass is 19.4. The average Bonchev–Trinajstić information content (AvgIpc) is 2.72. The highest BCUT2D eigenvalue weighted by Crippen LogP contribution is 2.36. The molecular weight excluding hydrogens is 478 g/mol. The van der Waals surface area contributed by atoms with Gasteiger partial charge in [-0.2, -0.15) is 26.3 Å². The molecule has 0 fully saturated rings. The number of nitro benzene ring substituents is 1. The van der Waals surface area contributed by atoms with Gasteiger partial charge in [0.15, 0.2) is 0 Å². The molecule has 0 bridgehead atoms. The summed E-state index contributed by atoms with van der Waals surface area (Å²) >= 11 is 0. The lowest BCUT2D eigenvalue weighted by Gasteiger charge is -2.10. The summed E-state index contributed by atoms with van der Waals surface area (Å²) in [5, 5.41) is 10.6. The van der Waals surface area contributed by atoms with Gasteiger partial charge in [0.1, 0.15) is 5.56 Å². The number of nitro groups is 1. The van der Waals surface area contributed by atoms with Gasteiger partial charge in [0.2, 0.25) is 0 Å². The Balaban J connectivity index is 0.000000342. The average molecular weight is 496 g/mol. The van der Waals surface area contributed by atoms with E-state index in [-0.39, 0.29) is 24.3 Å². The van der Waals surface area contributed by atoms with Gasteiger partial charge in [-0.05, 0) is 44.2 Å². The molecule has 0 aliphatic rings. The highest BCUT2D eigenvalue weighted by Gasteiger charge is 2.38. The van der Waals surface area contributed by atoms with E-state index < -0.39 is 51.7 Å². The Hall–Kier alpha value is -3.84. The Bertz CT molecular complexity index is 1050. The van der Waals surface area contributed by atoms with Crippen LogP contribution in [0.1, 0.15) is 45.7 Å². The number of carbonyl (C=O) groups is 2. The summed E-state index contributed by atoms with van der Waals surface area (Å²) in [4.78, 5) is 31.8. The van der Waals surface area contributed by atoms with Crippen molar-refractivity contribution >= 4 is 23.3 Å². The molecule has 0 heterocycles. The first-order chi connectivity index (χ1) is 15.6. The minimum atomic E-state index is -4.85. The number of nitrogen functional groups attached to an aromatic ring is 1. The van der Waals surface area contributed by atoms with Gasteiger partial charge in [-0.15, -0.1) is 0 Å². The molecule has 0 amide bonds. The predicted octanol–water partition coefficient (Wildman–Crippen LogP) is 5.25. The number of halogens is 6. The monoisotopic (exact) mass is 496 g/mol. The van der Waals surface area contributed by atoms with Gasteiger partial charge in [-0.25, -0.2) is 9.59 Å². The summed E-state index contributed by atoms with van der Waals surface area (Å²) in [6, 6.07) is 4.65. The van der Waals surface area contributed by atoms with E-state index in [1.54, 1.807) is 6.92 Å². The maximum atomic E-state index is 12.5. The Morgan fingerprint density at radius 1 is 0.853 bits per heavy atom. The van der Waals surface area contributed by atoms with Crippen LogP contribution in [0.15, 0.2) is 36.4 Å². The number of alkyl halides is 6. The Labute approximate surface area is 188 Å². The van der Waals surface area contributed by atoms with Crippen molar-refractivity contribution < 1.29 is 50.3 Å². The molecule has 0 radical (unpaired) electrons. The van der Waals surface area contributed by atoms with E-state index >= 15 is 0 Å². The fourth-order valence-electron chi connectivity index (χ4n) is 2.43. The van der Waals surface area contributed by atoms with Gasteiger partial charge >= 0.3 is 24.3 Å². The van der Waals surface area contributed by atoms with E-state index in [2.05, 4.69) is 9.47 Å². The van der Waals surface area contributed by atoms with Crippen LogP contribution in [0.4, 0.5) is 37.7 Å². The Morgan fingerprint density at radius 3 is 1.62 bits per heavy atom. The molecule has 8 nitrogen and oxygen atoms in total. The van der Waals surface area contributed by atoms with Gasteiger partial charge in [-0.3, -0.25) is 10.1 Å². The molecule has 186 valence electrons. The number of rotatable bonds is 5. The molecule has 0 saturated carbocycles. The van der Waals surface area contributed by atoms with Crippen molar-refractivity contribution in [1.82, 2.24) is 0 Å². The second-order valence-electron chi connectivity index (χ2n) is 6.23. The zero-order valence-corrected chi connectivity index (χ0v) is 17.6. The molecule has 2 rings (SSSR count). The van der Waals surface area contributed by atoms with Crippen LogP contribution < -0.4 is 5.73 Å². The van der Waals surface area contributed by atoms with E-state index in [0.717, 1.165) is 24.3 Å². The van der Waals surface area contributed by atoms with E-state index in [4.69, 9.17) is 5.73 Å². The number of hydrogen-bond donors (Lipinski definition) is 1. The van der Waals surface area contributed by atoms with Crippen molar-refractivity contribution in [2.45, 2.75) is 26.2 Å². The number of nitrogens with two attached hydrogens (primary N) is 1. The second-order valence-corrected chi connectivity index (χ2v) is 6.23. The maximum absolute atomic E-state index is 12.5. The largest absolute Gasteiger partial charge is 0.462 e. The zero-order valence-electron chi connectivity index (χ0n) is 17.6. The first-order valence-corrected chi connectivity index (χ1v) is 9.30. The lowest BCUT2D eigenvalue weighted by molar-refractivity contribution is -0.388. The van der Waals surface area contributed by atoms with Crippen LogP contribution in [0.5, 0.6) is 0 Å². The van der Waals surface area contributed by atoms with E-state index in [0.29, 0.717) is 12.1 Å². The van der Waals surface area contributed by atoms with Gasteiger partial charge in [0, 0.05) is 11.8 Å². The van der Waals surface area contributed by atoms with Crippen molar-refractivity contribution in [3.05, 3.63) is 68.8 Å².